The van der Waals surface area contributed by atoms with Gasteiger partial charge in [0.1, 0.15) is 0 Å². The third-order valence-corrected chi connectivity index (χ3v) is 8.47. The van der Waals surface area contributed by atoms with Crippen molar-refractivity contribution in [1.29, 1.82) is 0 Å². The number of hydrogen-bond acceptors (Lipinski definition) is 3. The van der Waals surface area contributed by atoms with Gasteiger partial charge >= 0.3 is 0 Å². The van der Waals surface area contributed by atoms with Crippen molar-refractivity contribution in [3.63, 3.8) is 0 Å². The summed E-state index contributed by atoms with van der Waals surface area (Å²) in [4.78, 5) is 0. The van der Waals surface area contributed by atoms with Gasteiger partial charge < -0.3 is 15.3 Å². The van der Waals surface area contributed by atoms with Gasteiger partial charge in [-0.2, -0.15) is 0 Å². The molecule has 3 saturated carbocycles. The van der Waals surface area contributed by atoms with Crippen molar-refractivity contribution in [3.05, 3.63) is 35.5 Å². The molecule has 0 aromatic rings. The number of rotatable bonds is 6. The molecular formula is C27H44O3. The number of fused-ring (bicyclic) bond motifs is 1. The first-order chi connectivity index (χ1) is 14.0. The third-order valence-electron chi connectivity index (χ3n) is 8.47. The van der Waals surface area contributed by atoms with E-state index in [0.717, 1.165) is 24.3 Å². The average molecular weight is 417 g/mol. The van der Waals surface area contributed by atoms with E-state index in [-0.39, 0.29) is 0 Å². The Balaban J connectivity index is 1.67. The summed E-state index contributed by atoms with van der Waals surface area (Å²) in [5, 5.41) is 30.3. The molecule has 0 saturated heterocycles. The average Bonchev–Trinajstić information content (AvgIpc) is 3.00. The summed E-state index contributed by atoms with van der Waals surface area (Å²) in [6, 6.07) is 0. The van der Waals surface area contributed by atoms with Crippen molar-refractivity contribution in [3.8, 4) is 0 Å². The van der Waals surface area contributed by atoms with Gasteiger partial charge in [0.2, 0.25) is 0 Å². The third kappa shape index (κ3) is 5.29. The molecule has 0 aliphatic heterocycles. The number of aliphatic hydroxyl groups excluding tert-OH is 2. The molecule has 0 radical (unpaired) electrons. The second kappa shape index (κ2) is 9.30. The second-order valence-corrected chi connectivity index (χ2v) is 11.4. The largest absolute Gasteiger partial charge is 0.390 e. The van der Waals surface area contributed by atoms with Crippen LogP contribution in [0, 0.1) is 23.2 Å². The lowest BCUT2D eigenvalue weighted by Crippen LogP contribution is -2.36. The van der Waals surface area contributed by atoms with E-state index in [1.807, 2.05) is 13.8 Å². The first-order valence-electron chi connectivity index (χ1n) is 12.2. The van der Waals surface area contributed by atoms with Crippen LogP contribution >= 0.6 is 0 Å². The summed E-state index contributed by atoms with van der Waals surface area (Å²) in [5.41, 5.74) is 3.11. The molecule has 0 aromatic carbocycles. The van der Waals surface area contributed by atoms with E-state index in [4.69, 9.17) is 0 Å². The Hall–Kier alpha value is -0.900. The molecule has 0 spiro atoms. The first-order valence-corrected chi connectivity index (χ1v) is 12.2. The molecule has 3 aliphatic carbocycles. The van der Waals surface area contributed by atoms with Gasteiger partial charge in [-0.05, 0) is 94.0 Å². The Labute approximate surface area is 184 Å². The van der Waals surface area contributed by atoms with Crippen molar-refractivity contribution < 1.29 is 15.3 Å². The predicted octanol–water partition coefficient (Wildman–Crippen LogP) is 5.70. The van der Waals surface area contributed by atoms with Crippen LogP contribution < -0.4 is 0 Å². The fourth-order valence-electron chi connectivity index (χ4n) is 6.70. The summed E-state index contributed by atoms with van der Waals surface area (Å²) >= 11 is 0. The Morgan fingerprint density at radius 3 is 2.47 bits per heavy atom. The molecule has 3 heteroatoms. The predicted molar refractivity (Wildman–Crippen MR) is 124 cm³/mol. The van der Waals surface area contributed by atoms with Crippen molar-refractivity contribution in [2.24, 2.45) is 23.2 Å². The molecule has 0 aromatic heterocycles. The zero-order valence-electron chi connectivity index (χ0n) is 19.7. The van der Waals surface area contributed by atoms with Crippen LogP contribution in [0.1, 0.15) is 91.9 Å². The van der Waals surface area contributed by atoms with Gasteiger partial charge in [0.15, 0.2) is 0 Å². The summed E-state index contributed by atoms with van der Waals surface area (Å²) in [6.45, 7) is 12.6. The molecule has 3 unspecified atom stereocenters. The molecule has 3 aliphatic rings. The van der Waals surface area contributed by atoms with Crippen molar-refractivity contribution >= 4 is 0 Å². The van der Waals surface area contributed by atoms with Crippen LogP contribution in [0.25, 0.3) is 0 Å². The van der Waals surface area contributed by atoms with Gasteiger partial charge in [0, 0.05) is 0 Å². The van der Waals surface area contributed by atoms with E-state index in [0.29, 0.717) is 35.7 Å². The smallest absolute Gasteiger partial charge is 0.0809 e. The van der Waals surface area contributed by atoms with Crippen molar-refractivity contribution in [2.45, 2.75) is 110 Å². The van der Waals surface area contributed by atoms with E-state index in [1.165, 1.54) is 38.5 Å². The van der Waals surface area contributed by atoms with Crippen LogP contribution in [0.5, 0.6) is 0 Å². The highest BCUT2D eigenvalue weighted by Gasteiger charge is 2.50. The normalized spacial score (nSPS) is 37.4. The van der Waals surface area contributed by atoms with Crippen molar-refractivity contribution in [2.75, 3.05) is 0 Å². The summed E-state index contributed by atoms with van der Waals surface area (Å²) < 4.78 is 0. The molecule has 3 rings (SSSR count). The molecule has 3 N–H and O–H groups in total. The number of hydrogen-bond donors (Lipinski definition) is 3. The van der Waals surface area contributed by atoms with Gasteiger partial charge in [0.25, 0.3) is 0 Å². The molecule has 3 fully saturated rings. The maximum Gasteiger partial charge on any atom is 0.0809 e. The Bertz CT molecular complexity index is 667. The van der Waals surface area contributed by atoms with E-state index in [2.05, 4.69) is 32.6 Å². The molecule has 6 atom stereocenters. The van der Waals surface area contributed by atoms with Gasteiger partial charge in [-0.1, -0.05) is 56.6 Å². The van der Waals surface area contributed by atoms with Crippen LogP contribution in [0.15, 0.2) is 35.5 Å². The van der Waals surface area contributed by atoms with Crippen LogP contribution in [0.2, 0.25) is 0 Å². The highest BCUT2D eigenvalue weighted by atomic mass is 16.3. The van der Waals surface area contributed by atoms with Crippen molar-refractivity contribution in [1.82, 2.24) is 0 Å². The number of aliphatic hydroxyl groups is 3. The summed E-state index contributed by atoms with van der Waals surface area (Å²) in [7, 11) is 0. The lowest BCUT2D eigenvalue weighted by atomic mass is 9.60. The molecule has 170 valence electrons. The fraction of sp³-hybridized carbons (Fsp3) is 0.778. The van der Waals surface area contributed by atoms with E-state index < -0.39 is 17.8 Å². The minimum atomic E-state index is -0.615. The maximum atomic E-state index is 10.1. The van der Waals surface area contributed by atoms with Gasteiger partial charge in [-0.25, -0.2) is 0 Å². The Kier molecular flexibility index (Phi) is 7.37. The van der Waals surface area contributed by atoms with E-state index in [1.54, 1.807) is 5.57 Å². The van der Waals surface area contributed by atoms with E-state index in [9.17, 15) is 15.3 Å². The Morgan fingerprint density at radius 1 is 1.17 bits per heavy atom. The minimum absolute atomic E-state index is 0.386. The molecule has 0 heterocycles. The summed E-state index contributed by atoms with van der Waals surface area (Å²) in [6.07, 6.45) is 14.0. The topological polar surface area (TPSA) is 60.7 Å². The standard InChI is InChI=1S/C27H44O3/c1-18(8-6-14-26(3,4)30)22-12-13-23-21(9-7-15-27(22,23)5)11-10-20-16-24(28)19(2)25(29)17-20/h10-11,18,22-25,28-30H,2,6-9,12-17H2,1,3-5H3/t18-,22?,23?,24+,25+,27?/m0/s1. The van der Waals surface area contributed by atoms with Crippen LogP contribution in [-0.2, 0) is 0 Å². The zero-order chi connectivity index (χ0) is 22.1. The quantitative estimate of drug-likeness (QED) is 0.486. The van der Waals surface area contributed by atoms with E-state index >= 15 is 0 Å². The maximum absolute atomic E-state index is 10.1. The monoisotopic (exact) mass is 416 g/mol. The highest BCUT2D eigenvalue weighted by Crippen LogP contribution is 2.60. The second-order valence-electron chi connectivity index (χ2n) is 11.4. The van der Waals surface area contributed by atoms with Crippen LogP contribution in [0.4, 0.5) is 0 Å². The molecular weight excluding hydrogens is 372 g/mol. The lowest BCUT2D eigenvalue weighted by molar-refractivity contribution is 0.0596. The number of allylic oxidation sites excluding steroid dienone is 3. The highest BCUT2D eigenvalue weighted by molar-refractivity contribution is 5.29. The minimum Gasteiger partial charge on any atom is -0.390 e. The first kappa shape index (κ1) is 23.8. The fourth-order valence-corrected chi connectivity index (χ4v) is 6.70. The van der Waals surface area contributed by atoms with Crippen LogP contribution in [-0.4, -0.2) is 33.1 Å². The van der Waals surface area contributed by atoms with Gasteiger partial charge in [-0.3, -0.25) is 0 Å². The summed E-state index contributed by atoms with van der Waals surface area (Å²) in [5.74, 6) is 2.13. The zero-order valence-corrected chi connectivity index (χ0v) is 19.7. The molecule has 0 amide bonds. The Morgan fingerprint density at radius 2 is 1.83 bits per heavy atom. The van der Waals surface area contributed by atoms with Crippen LogP contribution in [0.3, 0.4) is 0 Å². The van der Waals surface area contributed by atoms with Gasteiger partial charge in [0.05, 0.1) is 17.8 Å². The lowest BCUT2D eigenvalue weighted by Gasteiger charge is -2.44. The molecule has 30 heavy (non-hydrogen) atoms. The van der Waals surface area contributed by atoms with Gasteiger partial charge in [-0.15, -0.1) is 0 Å². The SMILES string of the molecule is C=C1[C@H](O)CC(=CC=C2CCCC3(C)C2CCC3[C@@H](C)CCCC(C)(C)O)C[C@H]1O. The molecule has 0 bridgehead atoms. The molecule has 3 nitrogen and oxygen atoms in total.